The van der Waals surface area contributed by atoms with Gasteiger partial charge in [0.15, 0.2) is 11.9 Å². The van der Waals surface area contributed by atoms with Gasteiger partial charge in [-0.2, -0.15) is 12.6 Å². The van der Waals surface area contributed by atoms with Gasteiger partial charge in [0.2, 0.25) is 35.4 Å². The number of guanidine groups is 2. The van der Waals surface area contributed by atoms with Crippen LogP contribution in [0.1, 0.15) is 49.3 Å². The predicted molar refractivity (Wildman–Crippen MR) is 273 cm³/mol. The number of carbonyl (C=O) groups is 7. The summed E-state index contributed by atoms with van der Waals surface area (Å²) in [6.07, 6.45) is 3.76. The van der Waals surface area contributed by atoms with Crippen molar-refractivity contribution in [1.82, 2.24) is 41.9 Å². The summed E-state index contributed by atoms with van der Waals surface area (Å²) in [5, 5.41) is 27.6. The fourth-order valence-corrected chi connectivity index (χ4v) is 8.11. The molecule has 378 valence electrons. The third kappa shape index (κ3) is 16.5. The number of para-hydroxylation sites is 2. The Morgan fingerprint density at radius 3 is 1.38 bits per heavy atom. The van der Waals surface area contributed by atoms with E-state index in [9.17, 15) is 38.7 Å². The van der Waals surface area contributed by atoms with Crippen LogP contribution < -0.4 is 54.8 Å². The number of aromatic nitrogens is 2. The number of thiol groups is 1. The van der Waals surface area contributed by atoms with Gasteiger partial charge in [-0.15, -0.1) is 0 Å². The number of hydrogen-bond donors (Lipinski definition) is 14. The number of aliphatic imine (C=N–C) groups is 2. The molecule has 0 saturated heterocycles. The first-order chi connectivity index (χ1) is 34.0. The van der Waals surface area contributed by atoms with Crippen molar-refractivity contribution in [3.05, 3.63) is 108 Å². The highest BCUT2D eigenvalue weighted by Crippen LogP contribution is 2.22. The van der Waals surface area contributed by atoms with Crippen molar-refractivity contribution in [1.29, 1.82) is 0 Å². The molecule has 0 fully saturated rings. The van der Waals surface area contributed by atoms with Gasteiger partial charge in [-0.25, -0.2) is 4.79 Å². The topological polar surface area (TPSA) is 372 Å². The SMILES string of the molecule is CC(=O)N[C@@H](CCCN=C(N)N)C(=O)N[C@@H](CCCN=C(N)N)C(=O)N[C@@H](Cc1c[nH]c2ccccc12)C(=O)N[C@@H](Cc1c[nH]c2ccccc12)C(=O)N[C@@H](CS)C(=O)N[C@@H](Cc1ccccc1)C(=O)O. The molecule has 5 rings (SSSR count). The second-order valence-electron chi connectivity index (χ2n) is 16.8. The van der Waals surface area contributed by atoms with Crippen LogP contribution in [0.25, 0.3) is 21.8 Å². The first kappa shape index (κ1) is 53.9. The molecule has 6 atom stereocenters. The molecule has 0 aliphatic heterocycles. The van der Waals surface area contributed by atoms with E-state index >= 15 is 0 Å². The van der Waals surface area contributed by atoms with Crippen molar-refractivity contribution in [3.8, 4) is 0 Å². The van der Waals surface area contributed by atoms with Crippen LogP contribution in [0.5, 0.6) is 0 Å². The lowest BCUT2D eigenvalue weighted by Gasteiger charge is -2.27. The molecule has 0 aliphatic carbocycles. The molecule has 0 bridgehead atoms. The van der Waals surface area contributed by atoms with Gasteiger partial charge in [-0.3, -0.25) is 38.8 Å². The maximum atomic E-state index is 14.8. The van der Waals surface area contributed by atoms with E-state index in [0.717, 1.165) is 21.8 Å². The van der Waals surface area contributed by atoms with Crippen molar-refractivity contribution in [3.63, 3.8) is 0 Å². The summed E-state index contributed by atoms with van der Waals surface area (Å²) in [4.78, 5) is 110. The van der Waals surface area contributed by atoms with Gasteiger partial charge >= 0.3 is 5.97 Å². The first-order valence-corrected chi connectivity index (χ1v) is 23.5. The fraction of sp³-hybridized carbons (Fsp3) is 0.354. The number of nitrogens with zero attached hydrogens (tertiary/aromatic N) is 2. The Labute approximate surface area is 414 Å². The fourth-order valence-electron chi connectivity index (χ4n) is 7.86. The molecule has 23 heteroatoms. The maximum absolute atomic E-state index is 14.8. The minimum absolute atomic E-state index is 0.0105. The molecule has 0 saturated carbocycles. The van der Waals surface area contributed by atoms with Crippen LogP contribution >= 0.6 is 12.6 Å². The molecule has 0 spiro atoms. The van der Waals surface area contributed by atoms with Crippen LogP contribution in [-0.2, 0) is 52.8 Å². The zero-order valence-electron chi connectivity index (χ0n) is 39.2. The highest BCUT2D eigenvalue weighted by molar-refractivity contribution is 7.80. The largest absolute Gasteiger partial charge is 0.480 e. The van der Waals surface area contributed by atoms with Gasteiger partial charge in [-0.05, 0) is 54.5 Å². The Morgan fingerprint density at radius 2 is 0.930 bits per heavy atom. The van der Waals surface area contributed by atoms with Crippen molar-refractivity contribution >= 4 is 87.8 Å². The van der Waals surface area contributed by atoms with E-state index in [2.05, 4.69) is 64.5 Å². The van der Waals surface area contributed by atoms with E-state index in [-0.39, 0.29) is 69.3 Å². The normalized spacial score (nSPS) is 13.5. The quantitative estimate of drug-likeness (QED) is 0.0140. The van der Waals surface area contributed by atoms with E-state index in [4.69, 9.17) is 22.9 Å². The number of benzene rings is 3. The molecule has 5 aromatic rings. The van der Waals surface area contributed by atoms with Crippen molar-refractivity contribution in [2.75, 3.05) is 18.8 Å². The van der Waals surface area contributed by atoms with E-state index in [1.54, 1.807) is 42.7 Å². The highest BCUT2D eigenvalue weighted by Gasteiger charge is 2.34. The Balaban J connectivity index is 1.45. The van der Waals surface area contributed by atoms with Crippen LogP contribution in [0, 0.1) is 0 Å². The summed E-state index contributed by atoms with van der Waals surface area (Å²) in [5.74, 6) is -6.26. The monoisotopic (exact) mass is 994 g/mol. The molecular weight excluding hydrogens is 933 g/mol. The van der Waals surface area contributed by atoms with Crippen LogP contribution in [0.3, 0.4) is 0 Å². The number of aliphatic carboxylic acids is 1. The van der Waals surface area contributed by atoms with Gasteiger partial charge in [0.25, 0.3) is 0 Å². The van der Waals surface area contributed by atoms with Crippen LogP contribution in [0.2, 0.25) is 0 Å². The maximum Gasteiger partial charge on any atom is 0.326 e. The second-order valence-corrected chi connectivity index (χ2v) is 17.2. The first-order valence-electron chi connectivity index (χ1n) is 22.9. The van der Waals surface area contributed by atoms with E-state index in [1.165, 1.54) is 6.92 Å². The number of H-pyrrole nitrogens is 2. The lowest BCUT2D eigenvalue weighted by atomic mass is 10.0. The zero-order valence-corrected chi connectivity index (χ0v) is 40.0. The molecule has 3 aromatic carbocycles. The van der Waals surface area contributed by atoms with Gasteiger partial charge < -0.3 is 69.9 Å². The summed E-state index contributed by atoms with van der Waals surface area (Å²) in [6.45, 7) is 1.50. The lowest BCUT2D eigenvalue weighted by molar-refractivity contribution is -0.142. The van der Waals surface area contributed by atoms with E-state index in [1.807, 2.05) is 48.5 Å². The summed E-state index contributed by atoms with van der Waals surface area (Å²) in [6, 6.07) is 15.5. The summed E-state index contributed by atoms with van der Waals surface area (Å²) >= 11 is 4.32. The molecule has 22 nitrogen and oxygen atoms in total. The number of nitrogens with one attached hydrogen (secondary N) is 8. The van der Waals surface area contributed by atoms with Gasteiger partial charge in [0, 0.05) is 79.2 Å². The molecule has 0 aliphatic rings. The number of rotatable bonds is 27. The van der Waals surface area contributed by atoms with Crippen LogP contribution in [0.4, 0.5) is 0 Å². The predicted octanol–water partition coefficient (Wildman–Crippen LogP) is -0.273. The molecule has 2 heterocycles. The minimum Gasteiger partial charge on any atom is -0.480 e. The number of aromatic amines is 2. The molecule has 17 N–H and O–H groups in total. The number of carbonyl (C=O) groups excluding carboxylic acids is 6. The van der Waals surface area contributed by atoms with Gasteiger partial charge in [0.1, 0.15) is 36.3 Å². The standard InChI is InChI=1S/C48H62N14O8S/c1-27(63)57-35(17-9-19-53-47(49)50)41(64)58-36(18-10-20-54-48(51)52)42(65)59-37(22-29-24-55-33-15-7-5-13-31(29)33)43(66)60-38(23-30-25-56-34-16-8-6-14-32(30)34)44(67)62-40(26-71)45(68)61-39(46(69)70)21-28-11-3-2-4-12-28/h2-8,11-16,24-25,35-40,55-56,71H,9-10,17-23,26H2,1H3,(H,57,63)(H,58,64)(H,59,65)(H,60,66)(H,61,68)(H,62,67)(H,69,70)(H4,49,50,53)(H4,51,52,54)/t35-,36-,37-,38-,39-,40-/m0/s1. The van der Waals surface area contributed by atoms with Crippen molar-refractivity contribution in [2.24, 2.45) is 32.9 Å². The Kier molecular flexibility index (Phi) is 20.2. The smallest absolute Gasteiger partial charge is 0.326 e. The number of carboxylic acids is 1. The zero-order chi connectivity index (χ0) is 51.5. The van der Waals surface area contributed by atoms with Crippen LogP contribution in [-0.4, -0.2) is 123 Å². The number of fused-ring (bicyclic) bond motifs is 2. The van der Waals surface area contributed by atoms with Crippen molar-refractivity contribution in [2.45, 2.75) is 88.1 Å². The summed E-state index contributed by atoms with van der Waals surface area (Å²) in [7, 11) is 0. The lowest BCUT2D eigenvalue weighted by Crippen LogP contribution is -2.60. The Bertz CT molecular complexity index is 2700. The molecule has 2 aromatic heterocycles. The Hall–Kier alpha value is -8.08. The Morgan fingerprint density at radius 1 is 0.535 bits per heavy atom. The number of carboxylic acid groups (broad SMARTS) is 1. The van der Waals surface area contributed by atoms with Gasteiger partial charge in [0.05, 0.1) is 0 Å². The molecule has 6 amide bonds. The number of hydrogen-bond acceptors (Lipinski definition) is 10. The van der Waals surface area contributed by atoms with E-state index in [0.29, 0.717) is 23.1 Å². The molecule has 71 heavy (non-hydrogen) atoms. The third-order valence-corrected chi connectivity index (χ3v) is 11.8. The van der Waals surface area contributed by atoms with Gasteiger partial charge in [-0.1, -0.05) is 66.7 Å². The average molecular weight is 995 g/mol. The van der Waals surface area contributed by atoms with Crippen LogP contribution in [0.15, 0.2) is 101 Å². The molecule has 0 unspecified atom stereocenters. The summed E-state index contributed by atoms with van der Waals surface area (Å²) < 4.78 is 0. The molecular formula is C48H62N14O8S. The second kappa shape index (κ2) is 26.6. The number of nitrogens with two attached hydrogens (primary N) is 4. The highest BCUT2D eigenvalue weighted by atomic mass is 32.1. The third-order valence-electron chi connectivity index (χ3n) is 11.4. The summed E-state index contributed by atoms with van der Waals surface area (Å²) in [5.41, 5.74) is 25.4. The number of amides is 6. The minimum atomic E-state index is -1.39. The van der Waals surface area contributed by atoms with Crippen molar-refractivity contribution < 1.29 is 38.7 Å². The van der Waals surface area contributed by atoms with E-state index < -0.39 is 77.7 Å². The average Bonchev–Trinajstić information content (AvgIpc) is 3.95. The molecule has 0 radical (unpaired) electrons.